The smallest absolute Gasteiger partial charge is 0.226 e. The zero-order chi connectivity index (χ0) is 23.3. The van der Waals surface area contributed by atoms with Gasteiger partial charge in [0.25, 0.3) is 0 Å². The summed E-state index contributed by atoms with van der Waals surface area (Å²) < 4.78 is 5.26. The van der Waals surface area contributed by atoms with Crippen LogP contribution in [0.3, 0.4) is 0 Å². The molecule has 1 fully saturated rings. The fraction of sp³-hybridized carbons (Fsp3) is 0.286. The molecule has 170 valence electrons. The molecule has 2 amide bonds. The second-order valence-electron chi connectivity index (χ2n) is 8.75. The third kappa shape index (κ3) is 5.08. The zero-order valence-electron chi connectivity index (χ0n) is 19.0. The van der Waals surface area contributed by atoms with Crippen LogP contribution in [0.1, 0.15) is 24.0 Å². The number of nitrogens with two attached hydrogens (primary N) is 1. The molecule has 1 heterocycles. The van der Waals surface area contributed by atoms with Crippen LogP contribution in [0.5, 0.6) is 5.75 Å². The quantitative estimate of drug-likeness (QED) is 0.595. The van der Waals surface area contributed by atoms with E-state index in [-0.39, 0.29) is 11.8 Å². The Morgan fingerprint density at radius 2 is 1.64 bits per heavy atom. The molecule has 3 aromatic carbocycles. The van der Waals surface area contributed by atoms with Crippen LogP contribution in [-0.4, -0.2) is 36.9 Å². The first-order valence-corrected chi connectivity index (χ1v) is 11.3. The Morgan fingerprint density at radius 3 is 2.33 bits per heavy atom. The lowest BCUT2D eigenvalue weighted by Crippen LogP contribution is -2.50. The van der Waals surface area contributed by atoms with Gasteiger partial charge in [-0.15, -0.1) is 0 Å². The highest BCUT2D eigenvalue weighted by atomic mass is 16.5. The number of amides is 2. The van der Waals surface area contributed by atoms with Crippen molar-refractivity contribution in [2.45, 2.75) is 25.7 Å². The van der Waals surface area contributed by atoms with Gasteiger partial charge >= 0.3 is 0 Å². The molecule has 33 heavy (non-hydrogen) atoms. The molecule has 4 rings (SSSR count). The number of methoxy groups -OCH3 is 1. The average molecular weight is 443 g/mol. The minimum absolute atomic E-state index is 0.0611. The molecular formula is C28H30N2O3. The summed E-state index contributed by atoms with van der Waals surface area (Å²) >= 11 is 0. The average Bonchev–Trinajstić information content (AvgIpc) is 2.85. The predicted octanol–water partition coefficient (Wildman–Crippen LogP) is 4.24. The van der Waals surface area contributed by atoms with Crippen molar-refractivity contribution in [1.29, 1.82) is 0 Å². The Hall–Kier alpha value is -3.60. The van der Waals surface area contributed by atoms with Crippen LogP contribution >= 0.6 is 0 Å². The lowest BCUT2D eigenvalue weighted by Gasteiger charge is -2.40. The van der Waals surface area contributed by atoms with Crippen LogP contribution in [0, 0.1) is 5.41 Å². The van der Waals surface area contributed by atoms with Crippen LogP contribution in [-0.2, 0) is 22.4 Å². The highest BCUT2D eigenvalue weighted by Crippen LogP contribution is 2.38. The molecule has 1 aliphatic rings. The zero-order valence-corrected chi connectivity index (χ0v) is 19.0. The lowest BCUT2D eigenvalue weighted by atomic mass is 9.72. The summed E-state index contributed by atoms with van der Waals surface area (Å²) in [6.07, 6.45) is 2.02. The van der Waals surface area contributed by atoms with E-state index in [1.165, 1.54) is 0 Å². The monoisotopic (exact) mass is 442 g/mol. The van der Waals surface area contributed by atoms with Crippen molar-refractivity contribution in [2.24, 2.45) is 11.1 Å². The summed E-state index contributed by atoms with van der Waals surface area (Å²) in [4.78, 5) is 27.4. The normalized spacial score (nSPS) is 15.1. The van der Waals surface area contributed by atoms with Gasteiger partial charge in [0.2, 0.25) is 11.8 Å². The lowest BCUT2D eigenvalue weighted by molar-refractivity contribution is -0.138. The second kappa shape index (κ2) is 9.90. The van der Waals surface area contributed by atoms with Crippen LogP contribution in [0.15, 0.2) is 78.9 Å². The SMILES string of the molecule is COc1cccc(CC(=O)N2CCC(Cc3ccccc3-c3ccccc3)(C(N)=O)CC2)c1. The number of carbonyl (C=O) groups excluding carboxylic acids is 2. The van der Waals surface area contributed by atoms with Crippen LogP contribution in [0.4, 0.5) is 0 Å². The largest absolute Gasteiger partial charge is 0.497 e. The molecule has 5 nitrogen and oxygen atoms in total. The van der Waals surface area contributed by atoms with Crippen molar-refractivity contribution >= 4 is 11.8 Å². The number of carbonyl (C=O) groups is 2. The minimum Gasteiger partial charge on any atom is -0.497 e. The summed E-state index contributed by atoms with van der Waals surface area (Å²) in [6.45, 7) is 1.05. The highest BCUT2D eigenvalue weighted by Gasteiger charge is 2.41. The first kappa shape index (κ1) is 22.6. The number of nitrogens with zero attached hydrogens (tertiary/aromatic N) is 1. The number of piperidine rings is 1. The predicted molar refractivity (Wildman–Crippen MR) is 130 cm³/mol. The molecule has 0 unspecified atom stereocenters. The molecule has 1 saturated heterocycles. The van der Waals surface area contributed by atoms with E-state index in [2.05, 4.69) is 24.3 Å². The molecule has 0 aromatic heterocycles. The molecule has 0 atom stereocenters. The Kier molecular flexibility index (Phi) is 6.78. The number of primary amides is 1. The molecule has 1 aliphatic heterocycles. The van der Waals surface area contributed by atoms with Crippen molar-refractivity contribution in [3.63, 3.8) is 0 Å². The maximum Gasteiger partial charge on any atom is 0.226 e. The van der Waals surface area contributed by atoms with E-state index < -0.39 is 5.41 Å². The van der Waals surface area contributed by atoms with E-state index >= 15 is 0 Å². The highest BCUT2D eigenvalue weighted by molar-refractivity contribution is 5.83. The molecule has 0 aliphatic carbocycles. The van der Waals surface area contributed by atoms with Gasteiger partial charge in [-0.2, -0.15) is 0 Å². The maximum atomic E-state index is 12.9. The van der Waals surface area contributed by atoms with Crippen molar-refractivity contribution < 1.29 is 14.3 Å². The first-order chi connectivity index (χ1) is 16.0. The van der Waals surface area contributed by atoms with E-state index in [9.17, 15) is 9.59 Å². The van der Waals surface area contributed by atoms with Gasteiger partial charge in [0.15, 0.2) is 0 Å². The van der Waals surface area contributed by atoms with Crippen molar-refractivity contribution in [3.05, 3.63) is 90.0 Å². The molecule has 0 radical (unpaired) electrons. The van der Waals surface area contributed by atoms with Crippen LogP contribution in [0.2, 0.25) is 0 Å². The van der Waals surface area contributed by atoms with Crippen molar-refractivity contribution in [3.8, 4) is 16.9 Å². The standard InChI is InChI=1S/C28H30N2O3/c1-33-24-12-7-8-21(18-24)19-26(31)30-16-14-28(15-17-30,27(29)32)20-23-11-5-6-13-25(23)22-9-3-2-4-10-22/h2-13,18H,14-17,19-20H2,1H3,(H2,29,32). The topological polar surface area (TPSA) is 72.6 Å². The van der Waals surface area contributed by atoms with E-state index in [0.29, 0.717) is 38.8 Å². The van der Waals surface area contributed by atoms with Gasteiger partial charge in [0, 0.05) is 13.1 Å². The summed E-state index contributed by atoms with van der Waals surface area (Å²) in [5.74, 6) is 0.514. The van der Waals surface area contributed by atoms with Gasteiger partial charge in [-0.3, -0.25) is 9.59 Å². The fourth-order valence-electron chi connectivity index (χ4n) is 4.70. The summed E-state index contributed by atoms with van der Waals surface area (Å²) in [5, 5.41) is 0. The first-order valence-electron chi connectivity index (χ1n) is 11.3. The number of benzene rings is 3. The fourth-order valence-corrected chi connectivity index (χ4v) is 4.70. The Morgan fingerprint density at radius 1 is 0.939 bits per heavy atom. The second-order valence-corrected chi connectivity index (χ2v) is 8.75. The van der Waals surface area contributed by atoms with Crippen LogP contribution < -0.4 is 10.5 Å². The maximum absolute atomic E-state index is 12.9. The van der Waals surface area contributed by atoms with Crippen molar-refractivity contribution in [1.82, 2.24) is 4.90 Å². The van der Waals surface area contributed by atoms with E-state index in [0.717, 1.165) is 28.0 Å². The Bertz CT molecular complexity index is 1120. The summed E-state index contributed by atoms with van der Waals surface area (Å²) in [7, 11) is 1.62. The minimum atomic E-state index is -0.655. The molecule has 2 N–H and O–H groups in total. The molecule has 0 spiro atoms. The molecular weight excluding hydrogens is 412 g/mol. The Labute approximate surface area is 195 Å². The van der Waals surface area contributed by atoms with E-state index in [1.54, 1.807) is 7.11 Å². The number of hydrogen-bond donors (Lipinski definition) is 1. The van der Waals surface area contributed by atoms with Gasteiger partial charge in [-0.25, -0.2) is 0 Å². The number of ether oxygens (including phenoxy) is 1. The van der Waals surface area contributed by atoms with E-state index in [4.69, 9.17) is 10.5 Å². The van der Waals surface area contributed by atoms with Gasteiger partial charge in [0.05, 0.1) is 18.9 Å². The molecule has 5 heteroatoms. The van der Waals surface area contributed by atoms with Gasteiger partial charge in [-0.1, -0.05) is 66.7 Å². The number of rotatable bonds is 7. The van der Waals surface area contributed by atoms with Gasteiger partial charge in [-0.05, 0) is 53.6 Å². The summed E-state index contributed by atoms with van der Waals surface area (Å²) in [5.41, 5.74) is 9.58. The third-order valence-electron chi connectivity index (χ3n) is 6.72. The third-order valence-corrected chi connectivity index (χ3v) is 6.72. The van der Waals surface area contributed by atoms with Gasteiger partial charge < -0.3 is 15.4 Å². The Balaban J connectivity index is 1.48. The number of likely N-dealkylation sites (tertiary alicyclic amines) is 1. The number of hydrogen-bond acceptors (Lipinski definition) is 3. The van der Waals surface area contributed by atoms with Crippen molar-refractivity contribution in [2.75, 3.05) is 20.2 Å². The molecule has 0 saturated carbocycles. The molecule has 3 aromatic rings. The molecule has 0 bridgehead atoms. The summed E-state index contributed by atoms with van der Waals surface area (Å²) in [6, 6.07) is 25.9. The van der Waals surface area contributed by atoms with Crippen LogP contribution in [0.25, 0.3) is 11.1 Å². The van der Waals surface area contributed by atoms with Gasteiger partial charge in [0.1, 0.15) is 5.75 Å². The van der Waals surface area contributed by atoms with E-state index in [1.807, 2.05) is 59.5 Å².